The molecular weight excluding hydrogens is 226 g/mol. The molecule has 1 aromatic heterocycles. The van der Waals surface area contributed by atoms with Crippen LogP contribution in [-0.4, -0.2) is 22.2 Å². The lowest BCUT2D eigenvalue weighted by Crippen LogP contribution is -2.27. The summed E-state index contributed by atoms with van der Waals surface area (Å²) in [5.41, 5.74) is 3.61. The van der Waals surface area contributed by atoms with Crippen LogP contribution in [0.25, 0.3) is 0 Å². The highest BCUT2D eigenvalue weighted by Crippen LogP contribution is 2.12. The first-order valence-corrected chi connectivity index (χ1v) is 6.50. The number of hydrogen-bond acceptors (Lipinski definition) is 2. The number of aromatic nitrogens is 2. The molecule has 0 aliphatic carbocycles. The summed E-state index contributed by atoms with van der Waals surface area (Å²) in [6.07, 6.45) is 5.20. The molecule has 0 saturated carbocycles. The van der Waals surface area contributed by atoms with Gasteiger partial charge in [0.05, 0.1) is 12.2 Å². The topological polar surface area (TPSA) is 46.9 Å². The van der Waals surface area contributed by atoms with Gasteiger partial charge in [-0.25, -0.2) is 0 Å². The summed E-state index contributed by atoms with van der Waals surface area (Å²) in [6, 6.07) is 0. The van der Waals surface area contributed by atoms with Crippen LogP contribution in [0, 0.1) is 13.8 Å². The van der Waals surface area contributed by atoms with Crippen molar-refractivity contribution in [1.82, 2.24) is 15.1 Å². The van der Waals surface area contributed by atoms with Gasteiger partial charge < -0.3 is 5.32 Å². The fourth-order valence-electron chi connectivity index (χ4n) is 2.06. The highest BCUT2D eigenvalue weighted by molar-refractivity contribution is 5.77. The van der Waals surface area contributed by atoms with Crippen molar-refractivity contribution in [2.75, 3.05) is 6.54 Å². The van der Waals surface area contributed by atoms with E-state index in [-0.39, 0.29) is 5.91 Å². The minimum Gasteiger partial charge on any atom is -0.354 e. The van der Waals surface area contributed by atoms with Crippen LogP contribution in [0.1, 0.15) is 37.2 Å². The second-order valence-corrected chi connectivity index (χ2v) is 4.35. The summed E-state index contributed by atoms with van der Waals surface area (Å²) in [5, 5.41) is 7.38. The predicted molar refractivity (Wildman–Crippen MR) is 73.5 cm³/mol. The summed E-state index contributed by atoms with van der Waals surface area (Å²) in [5.74, 6) is 0.0605. The van der Waals surface area contributed by atoms with Gasteiger partial charge in [0.2, 0.25) is 5.91 Å². The Labute approximate surface area is 109 Å². The minimum absolute atomic E-state index is 0.0605. The molecule has 0 aliphatic rings. The van der Waals surface area contributed by atoms with Crippen LogP contribution >= 0.6 is 0 Å². The minimum atomic E-state index is 0.0605. The van der Waals surface area contributed by atoms with Crippen LogP contribution < -0.4 is 5.32 Å². The van der Waals surface area contributed by atoms with E-state index >= 15 is 0 Å². The van der Waals surface area contributed by atoms with Crippen molar-refractivity contribution in [3.05, 3.63) is 29.1 Å². The first-order chi connectivity index (χ1) is 8.60. The van der Waals surface area contributed by atoms with Crippen molar-refractivity contribution in [3.8, 4) is 0 Å². The van der Waals surface area contributed by atoms with Gasteiger partial charge in [-0.3, -0.25) is 9.48 Å². The molecule has 1 N–H and O–H groups in total. The molecule has 0 fully saturated rings. The number of amides is 1. The molecular formula is C14H23N3O. The molecule has 0 radical (unpaired) electrons. The van der Waals surface area contributed by atoms with Gasteiger partial charge >= 0.3 is 0 Å². The first-order valence-electron chi connectivity index (χ1n) is 6.50. The maximum absolute atomic E-state index is 11.4. The van der Waals surface area contributed by atoms with E-state index < -0.39 is 0 Å². The zero-order valence-corrected chi connectivity index (χ0v) is 11.8. The number of rotatable bonds is 6. The monoisotopic (exact) mass is 249 g/mol. The largest absolute Gasteiger partial charge is 0.354 e. The second kappa shape index (κ2) is 6.99. The van der Waals surface area contributed by atoms with Crippen molar-refractivity contribution < 1.29 is 4.79 Å². The first kappa shape index (κ1) is 14.5. The van der Waals surface area contributed by atoms with Crippen LogP contribution in [0.5, 0.6) is 0 Å². The third kappa shape index (κ3) is 3.72. The molecule has 0 spiro atoms. The zero-order chi connectivity index (χ0) is 13.5. The summed E-state index contributed by atoms with van der Waals surface area (Å²) >= 11 is 0. The van der Waals surface area contributed by atoms with Crippen LogP contribution in [0.3, 0.4) is 0 Å². The standard InChI is InChI=1S/C14H23N3O/c1-5-7-8-14(18)15-9-10-17-12(4)13(6-2)11(3)16-17/h5,7H,6,8-10H2,1-4H3,(H,15,18)/b7-5+. The van der Waals surface area contributed by atoms with Gasteiger partial charge in [0, 0.05) is 18.7 Å². The van der Waals surface area contributed by atoms with Gasteiger partial charge in [0.1, 0.15) is 0 Å². The van der Waals surface area contributed by atoms with Gasteiger partial charge in [0.25, 0.3) is 0 Å². The Morgan fingerprint density at radius 1 is 1.44 bits per heavy atom. The normalized spacial score (nSPS) is 11.1. The third-order valence-electron chi connectivity index (χ3n) is 3.07. The lowest BCUT2D eigenvalue weighted by molar-refractivity contribution is -0.120. The molecule has 0 saturated heterocycles. The molecule has 1 amide bonds. The Kier molecular flexibility index (Phi) is 5.62. The second-order valence-electron chi connectivity index (χ2n) is 4.35. The Morgan fingerprint density at radius 2 is 2.17 bits per heavy atom. The lowest BCUT2D eigenvalue weighted by Gasteiger charge is -2.06. The number of hydrogen-bond donors (Lipinski definition) is 1. The molecule has 1 heterocycles. The molecule has 0 bridgehead atoms. The van der Waals surface area contributed by atoms with Crippen LogP contribution in [0.15, 0.2) is 12.2 Å². The molecule has 0 atom stereocenters. The molecule has 18 heavy (non-hydrogen) atoms. The Hall–Kier alpha value is -1.58. The van der Waals surface area contributed by atoms with E-state index in [9.17, 15) is 4.79 Å². The van der Waals surface area contributed by atoms with Crippen molar-refractivity contribution in [3.63, 3.8) is 0 Å². The van der Waals surface area contributed by atoms with Crippen LogP contribution in [0.2, 0.25) is 0 Å². The Balaban J connectivity index is 2.47. The average molecular weight is 249 g/mol. The quantitative estimate of drug-likeness (QED) is 0.785. The van der Waals surface area contributed by atoms with Crippen molar-refractivity contribution in [1.29, 1.82) is 0 Å². The highest BCUT2D eigenvalue weighted by Gasteiger charge is 2.09. The van der Waals surface area contributed by atoms with Gasteiger partial charge in [-0.1, -0.05) is 19.1 Å². The fourth-order valence-corrected chi connectivity index (χ4v) is 2.06. The van der Waals surface area contributed by atoms with Gasteiger partial charge in [-0.05, 0) is 32.8 Å². The van der Waals surface area contributed by atoms with E-state index in [1.165, 1.54) is 11.3 Å². The van der Waals surface area contributed by atoms with Crippen molar-refractivity contribution in [2.24, 2.45) is 0 Å². The summed E-state index contributed by atoms with van der Waals surface area (Å²) in [7, 11) is 0. The van der Waals surface area contributed by atoms with E-state index in [1.54, 1.807) is 0 Å². The molecule has 4 heteroatoms. The number of carbonyl (C=O) groups is 1. The number of carbonyl (C=O) groups excluding carboxylic acids is 1. The summed E-state index contributed by atoms with van der Waals surface area (Å²) in [4.78, 5) is 11.4. The van der Waals surface area contributed by atoms with Crippen molar-refractivity contribution >= 4 is 5.91 Å². The third-order valence-corrected chi connectivity index (χ3v) is 3.07. The number of aryl methyl sites for hydroxylation is 1. The fraction of sp³-hybridized carbons (Fsp3) is 0.571. The molecule has 4 nitrogen and oxygen atoms in total. The maximum atomic E-state index is 11.4. The van der Waals surface area contributed by atoms with E-state index in [0.717, 1.165) is 18.7 Å². The smallest absolute Gasteiger partial charge is 0.223 e. The highest BCUT2D eigenvalue weighted by atomic mass is 16.1. The Bertz CT molecular complexity index is 432. The van der Waals surface area contributed by atoms with Crippen LogP contribution in [-0.2, 0) is 17.8 Å². The SMILES string of the molecule is C/C=C/CC(=O)NCCn1nc(C)c(CC)c1C. The lowest BCUT2D eigenvalue weighted by atomic mass is 10.1. The zero-order valence-electron chi connectivity index (χ0n) is 11.8. The van der Waals surface area contributed by atoms with Gasteiger partial charge in [-0.2, -0.15) is 5.10 Å². The average Bonchev–Trinajstić information content (AvgIpc) is 2.61. The number of allylic oxidation sites excluding steroid dienone is 1. The van der Waals surface area contributed by atoms with Gasteiger partial charge in [-0.15, -0.1) is 0 Å². The number of nitrogens with zero attached hydrogens (tertiary/aromatic N) is 2. The molecule has 0 aromatic carbocycles. The van der Waals surface area contributed by atoms with Crippen LogP contribution in [0.4, 0.5) is 0 Å². The van der Waals surface area contributed by atoms with E-state index in [0.29, 0.717) is 13.0 Å². The van der Waals surface area contributed by atoms with E-state index in [2.05, 4.69) is 24.3 Å². The summed E-state index contributed by atoms with van der Waals surface area (Å²) < 4.78 is 1.98. The number of nitrogens with one attached hydrogen (secondary N) is 1. The molecule has 0 unspecified atom stereocenters. The van der Waals surface area contributed by atoms with Gasteiger partial charge in [0.15, 0.2) is 0 Å². The molecule has 1 rings (SSSR count). The molecule has 1 aromatic rings. The van der Waals surface area contributed by atoms with E-state index in [4.69, 9.17) is 0 Å². The Morgan fingerprint density at radius 3 is 2.72 bits per heavy atom. The maximum Gasteiger partial charge on any atom is 0.223 e. The predicted octanol–water partition coefficient (Wildman–Crippen LogP) is 2.14. The summed E-state index contributed by atoms with van der Waals surface area (Å²) in [6.45, 7) is 9.53. The molecule has 100 valence electrons. The van der Waals surface area contributed by atoms with Crippen molar-refractivity contribution in [2.45, 2.75) is 47.1 Å². The molecule has 0 aliphatic heterocycles. The van der Waals surface area contributed by atoms with E-state index in [1.807, 2.05) is 30.7 Å².